The third kappa shape index (κ3) is 3.03. The number of nitrogens with zero attached hydrogens (tertiary/aromatic N) is 2. The molecule has 108 valence electrons. The van der Waals surface area contributed by atoms with Crippen molar-refractivity contribution in [1.29, 1.82) is 0 Å². The van der Waals surface area contributed by atoms with Crippen molar-refractivity contribution in [2.24, 2.45) is 0 Å². The largest absolute Gasteiger partial charge is 0.393 e. The van der Waals surface area contributed by atoms with Gasteiger partial charge in [0.1, 0.15) is 17.2 Å². The summed E-state index contributed by atoms with van der Waals surface area (Å²) in [6.45, 7) is 0.840. The molecule has 1 rings (SSSR count). The third-order valence-electron chi connectivity index (χ3n) is 2.87. The minimum absolute atomic E-state index is 0.548. The third-order valence-corrected chi connectivity index (χ3v) is 3.32. The van der Waals surface area contributed by atoms with E-state index in [0.717, 1.165) is 6.20 Å². The van der Waals surface area contributed by atoms with Crippen molar-refractivity contribution in [3.63, 3.8) is 0 Å². The van der Waals surface area contributed by atoms with Crippen molar-refractivity contribution in [2.45, 2.75) is 24.1 Å². The van der Waals surface area contributed by atoms with E-state index in [-0.39, 0.29) is 0 Å². The fraction of sp³-hybridized carbons (Fsp3) is 0.600. The first kappa shape index (κ1) is 15.8. The zero-order chi connectivity index (χ0) is 14.8. The Morgan fingerprint density at radius 3 is 2.79 bits per heavy atom. The summed E-state index contributed by atoms with van der Waals surface area (Å²) in [6.07, 6.45) is -0.745. The molecule has 0 radical (unpaired) electrons. The first-order valence-corrected chi connectivity index (χ1v) is 5.72. The fourth-order valence-electron chi connectivity index (χ4n) is 1.36. The molecule has 1 aromatic rings. The van der Waals surface area contributed by atoms with Crippen molar-refractivity contribution >= 4 is 17.4 Å². The van der Waals surface area contributed by atoms with Crippen LogP contribution in [0.25, 0.3) is 0 Å². The van der Waals surface area contributed by atoms with E-state index >= 15 is 0 Å². The number of aromatic nitrogens is 2. The van der Waals surface area contributed by atoms with Gasteiger partial charge >= 0.3 is 5.69 Å². The molecule has 3 atom stereocenters. The summed E-state index contributed by atoms with van der Waals surface area (Å²) < 4.78 is 18.9. The lowest BCUT2D eigenvalue weighted by Crippen LogP contribution is -2.49. The molecule has 1 aromatic heterocycles. The number of nitrogen functional groups attached to an aromatic ring is 1. The summed E-state index contributed by atoms with van der Waals surface area (Å²) in [5.74, 6) is -1.50. The van der Waals surface area contributed by atoms with Crippen LogP contribution >= 0.6 is 11.6 Å². The number of hydrogen-bond acceptors (Lipinski definition) is 6. The molecule has 0 saturated carbocycles. The summed E-state index contributed by atoms with van der Waals surface area (Å²) in [6, 6.07) is 0. The Bertz CT molecular complexity index is 506. The zero-order valence-corrected chi connectivity index (χ0v) is 11.1. The van der Waals surface area contributed by atoms with E-state index in [1.54, 1.807) is 0 Å². The number of anilines is 1. The molecule has 0 aliphatic heterocycles. The molecule has 0 bridgehead atoms. The number of nitrogens with two attached hydrogens (primary N) is 1. The van der Waals surface area contributed by atoms with Crippen LogP contribution in [0.5, 0.6) is 0 Å². The van der Waals surface area contributed by atoms with E-state index < -0.39 is 41.1 Å². The smallest absolute Gasteiger partial charge is 0.351 e. The van der Waals surface area contributed by atoms with Gasteiger partial charge in [0.25, 0.3) is 0 Å². The van der Waals surface area contributed by atoms with Crippen LogP contribution in [0.3, 0.4) is 0 Å². The summed E-state index contributed by atoms with van der Waals surface area (Å²) in [7, 11) is 1.26. The molecule has 0 aliphatic rings. The number of methoxy groups -OCH3 is 1. The molecule has 0 unspecified atom stereocenters. The molecule has 0 aromatic carbocycles. The molecule has 0 saturated heterocycles. The zero-order valence-electron chi connectivity index (χ0n) is 10.4. The molecule has 4 N–H and O–H groups in total. The van der Waals surface area contributed by atoms with Crippen LogP contribution in [0.15, 0.2) is 11.0 Å². The Balaban J connectivity index is 3.17. The maximum Gasteiger partial charge on any atom is 0.351 e. The van der Waals surface area contributed by atoms with Crippen LogP contribution in [0, 0.1) is 5.82 Å². The minimum Gasteiger partial charge on any atom is -0.393 e. The second-order valence-electron chi connectivity index (χ2n) is 4.16. The molecule has 0 amide bonds. The molecule has 0 spiro atoms. The molecule has 7 nitrogen and oxygen atoms in total. The SMILES string of the molecule is CO[C@](C)(CO)[C@@H](O)[C@@H](Cl)n1cc(F)c(N)nc1=O. The predicted octanol–water partition coefficient (Wildman–Crippen LogP) is -0.540. The highest BCUT2D eigenvalue weighted by Gasteiger charge is 2.38. The van der Waals surface area contributed by atoms with Gasteiger partial charge in [-0.05, 0) is 6.92 Å². The van der Waals surface area contributed by atoms with E-state index in [2.05, 4.69) is 4.98 Å². The van der Waals surface area contributed by atoms with Crippen molar-refractivity contribution in [2.75, 3.05) is 19.5 Å². The summed E-state index contributed by atoms with van der Waals surface area (Å²) in [5, 5.41) is 19.2. The standard InChI is InChI=1S/C10H15ClFN3O4/c1-10(4-16,19-2)6(17)7(11)15-3-5(12)8(13)14-9(15)18/h3,6-7,16-17H,4H2,1-2H3,(H2,13,14,18)/t6-,7-,10+/m0/s1. The van der Waals surface area contributed by atoms with Gasteiger partial charge in [-0.2, -0.15) is 4.98 Å². The van der Waals surface area contributed by atoms with E-state index in [1.165, 1.54) is 14.0 Å². The normalized spacial score (nSPS) is 17.8. The average molecular weight is 296 g/mol. The van der Waals surface area contributed by atoms with Gasteiger partial charge in [0.15, 0.2) is 11.6 Å². The van der Waals surface area contributed by atoms with Crippen LogP contribution in [0.1, 0.15) is 12.4 Å². The molecular weight excluding hydrogens is 281 g/mol. The monoisotopic (exact) mass is 295 g/mol. The van der Waals surface area contributed by atoms with Gasteiger partial charge in [-0.1, -0.05) is 11.6 Å². The van der Waals surface area contributed by atoms with Crippen LogP contribution in [0.4, 0.5) is 10.2 Å². The van der Waals surface area contributed by atoms with Crippen LogP contribution in [-0.4, -0.2) is 45.2 Å². The predicted molar refractivity (Wildman–Crippen MR) is 66.3 cm³/mol. The molecular formula is C10H15ClFN3O4. The van der Waals surface area contributed by atoms with Crippen molar-refractivity contribution < 1.29 is 19.3 Å². The second kappa shape index (κ2) is 5.83. The van der Waals surface area contributed by atoms with Crippen molar-refractivity contribution in [1.82, 2.24) is 9.55 Å². The fourth-order valence-corrected chi connectivity index (χ4v) is 1.76. The lowest BCUT2D eigenvalue weighted by Gasteiger charge is -2.34. The highest BCUT2D eigenvalue weighted by molar-refractivity contribution is 6.19. The molecule has 0 fully saturated rings. The van der Waals surface area contributed by atoms with E-state index in [1.807, 2.05) is 0 Å². The van der Waals surface area contributed by atoms with Gasteiger partial charge in [0.05, 0.1) is 12.8 Å². The Morgan fingerprint density at radius 1 is 1.74 bits per heavy atom. The first-order valence-electron chi connectivity index (χ1n) is 5.29. The highest BCUT2D eigenvalue weighted by Crippen LogP contribution is 2.27. The Labute approximate surface area is 113 Å². The average Bonchev–Trinajstić information content (AvgIpc) is 2.40. The Morgan fingerprint density at radius 2 is 2.32 bits per heavy atom. The van der Waals surface area contributed by atoms with Crippen LogP contribution in [0.2, 0.25) is 0 Å². The van der Waals surface area contributed by atoms with E-state index in [9.17, 15) is 19.4 Å². The van der Waals surface area contributed by atoms with Gasteiger partial charge in [-0.15, -0.1) is 0 Å². The topological polar surface area (TPSA) is 111 Å². The minimum atomic E-state index is -1.48. The van der Waals surface area contributed by atoms with Crippen molar-refractivity contribution in [3.8, 4) is 0 Å². The number of halogens is 2. The maximum absolute atomic E-state index is 13.3. The van der Waals surface area contributed by atoms with Gasteiger partial charge in [-0.25, -0.2) is 9.18 Å². The summed E-state index contributed by atoms with van der Waals surface area (Å²) in [4.78, 5) is 14.8. The number of hydrogen-bond donors (Lipinski definition) is 3. The van der Waals surface area contributed by atoms with E-state index in [0.29, 0.717) is 4.57 Å². The van der Waals surface area contributed by atoms with E-state index in [4.69, 9.17) is 22.1 Å². The number of alkyl halides is 1. The van der Waals surface area contributed by atoms with Gasteiger partial charge in [-0.3, -0.25) is 4.57 Å². The van der Waals surface area contributed by atoms with Gasteiger partial charge in [0, 0.05) is 7.11 Å². The van der Waals surface area contributed by atoms with Crippen LogP contribution < -0.4 is 11.4 Å². The second-order valence-corrected chi connectivity index (χ2v) is 4.60. The summed E-state index contributed by atoms with van der Waals surface area (Å²) >= 11 is 5.90. The number of rotatable bonds is 5. The number of aliphatic hydroxyl groups excluding tert-OH is 2. The van der Waals surface area contributed by atoms with Crippen LogP contribution in [-0.2, 0) is 4.74 Å². The quantitative estimate of drug-likeness (QED) is 0.629. The number of ether oxygens (including phenoxy) is 1. The first-order chi connectivity index (χ1) is 8.76. The molecule has 1 heterocycles. The lowest BCUT2D eigenvalue weighted by molar-refractivity contribution is -0.124. The highest BCUT2D eigenvalue weighted by atomic mass is 35.5. The van der Waals surface area contributed by atoms with Gasteiger partial charge < -0.3 is 20.7 Å². The van der Waals surface area contributed by atoms with Gasteiger partial charge in [0.2, 0.25) is 0 Å². The Hall–Kier alpha value is -1.22. The summed E-state index contributed by atoms with van der Waals surface area (Å²) in [5.41, 5.74) is 1.42. The molecule has 0 aliphatic carbocycles. The molecule has 9 heteroatoms. The maximum atomic E-state index is 13.3. The lowest BCUT2D eigenvalue weighted by atomic mass is 9.99. The van der Waals surface area contributed by atoms with Crippen molar-refractivity contribution in [3.05, 3.63) is 22.5 Å². The Kier molecular flexibility index (Phi) is 4.86. The molecule has 19 heavy (non-hydrogen) atoms. The number of aliphatic hydroxyl groups is 2.